The quantitative estimate of drug-likeness (QED) is 0.817. The second-order valence-corrected chi connectivity index (χ2v) is 4.36. The van der Waals surface area contributed by atoms with Gasteiger partial charge in [0.05, 0.1) is 0 Å². The van der Waals surface area contributed by atoms with Crippen molar-refractivity contribution in [3.8, 4) is 0 Å². The molecule has 1 N–H and O–H groups in total. The van der Waals surface area contributed by atoms with Crippen molar-refractivity contribution in [2.45, 2.75) is 38.2 Å². The lowest BCUT2D eigenvalue weighted by Crippen LogP contribution is -2.15. The molecule has 1 atom stereocenters. The lowest BCUT2D eigenvalue weighted by Gasteiger charge is -2.25. The molecule has 1 fully saturated rings. The highest BCUT2D eigenvalue weighted by Crippen LogP contribution is 2.35. The molecule has 1 aromatic rings. The van der Waals surface area contributed by atoms with Crippen LogP contribution in [0.4, 0.5) is 0 Å². The molecule has 0 spiro atoms. The summed E-state index contributed by atoms with van der Waals surface area (Å²) in [6, 6.07) is 3.45. The van der Waals surface area contributed by atoms with Crippen molar-refractivity contribution in [1.82, 2.24) is 0 Å². The molecule has 2 nitrogen and oxygen atoms in total. The molecule has 14 heavy (non-hydrogen) atoms. The number of halogens is 1. The lowest BCUT2D eigenvalue weighted by atomic mass is 9.84. The zero-order valence-electron chi connectivity index (χ0n) is 8.08. The third-order valence-electron chi connectivity index (χ3n) is 2.98. The van der Waals surface area contributed by atoms with E-state index < -0.39 is 6.10 Å². The predicted octanol–water partition coefficient (Wildman–Crippen LogP) is 3.55. The maximum Gasteiger partial charge on any atom is 0.193 e. The molecule has 0 bridgehead atoms. The van der Waals surface area contributed by atoms with E-state index in [9.17, 15) is 5.11 Å². The Hall–Kier alpha value is -0.470. The first kappa shape index (κ1) is 10.1. The molecule has 0 aliphatic heterocycles. The van der Waals surface area contributed by atoms with Crippen molar-refractivity contribution in [2.75, 3.05) is 0 Å². The van der Waals surface area contributed by atoms with Gasteiger partial charge in [0.15, 0.2) is 5.22 Å². The van der Waals surface area contributed by atoms with Gasteiger partial charge in [-0.3, -0.25) is 0 Å². The van der Waals surface area contributed by atoms with E-state index in [0.717, 1.165) is 12.8 Å². The van der Waals surface area contributed by atoms with Gasteiger partial charge in [-0.15, -0.1) is 0 Å². The molecule has 1 aliphatic carbocycles. The van der Waals surface area contributed by atoms with Gasteiger partial charge in [-0.05, 0) is 42.5 Å². The predicted molar refractivity (Wildman–Crippen MR) is 55.3 cm³/mol. The third kappa shape index (κ3) is 2.12. The molecule has 0 amide bonds. The number of aliphatic hydroxyl groups excluding tert-OH is 1. The van der Waals surface area contributed by atoms with Gasteiger partial charge in [-0.25, -0.2) is 0 Å². The Kier molecular flexibility index (Phi) is 3.14. The largest absolute Gasteiger partial charge is 0.447 e. The Bertz CT molecular complexity index is 289. The van der Waals surface area contributed by atoms with Gasteiger partial charge in [-0.1, -0.05) is 19.3 Å². The van der Waals surface area contributed by atoms with Crippen LogP contribution in [0.1, 0.15) is 44.0 Å². The van der Waals surface area contributed by atoms with Crippen molar-refractivity contribution < 1.29 is 9.52 Å². The van der Waals surface area contributed by atoms with E-state index in [2.05, 4.69) is 0 Å². The summed E-state index contributed by atoms with van der Waals surface area (Å²) in [6.45, 7) is 0. The fourth-order valence-electron chi connectivity index (χ4n) is 2.17. The fourth-order valence-corrected chi connectivity index (χ4v) is 2.32. The number of hydrogen-bond acceptors (Lipinski definition) is 2. The summed E-state index contributed by atoms with van der Waals surface area (Å²) in [6.07, 6.45) is 5.45. The highest BCUT2D eigenvalue weighted by Gasteiger charge is 2.25. The molecule has 1 heterocycles. The van der Waals surface area contributed by atoms with Crippen LogP contribution in [0.3, 0.4) is 0 Å². The fraction of sp³-hybridized carbons (Fsp3) is 0.636. The SMILES string of the molecule is OC(c1ccc(Cl)o1)C1CCCCC1. The average Bonchev–Trinajstić information content (AvgIpc) is 2.65. The van der Waals surface area contributed by atoms with Crippen LogP contribution >= 0.6 is 11.6 Å². The van der Waals surface area contributed by atoms with E-state index in [1.807, 2.05) is 0 Å². The molecular weight excluding hydrogens is 200 g/mol. The highest BCUT2D eigenvalue weighted by atomic mass is 35.5. The monoisotopic (exact) mass is 214 g/mol. The third-order valence-corrected chi connectivity index (χ3v) is 3.18. The van der Waals surface area contributed by atoms with Crippen molar-refractivity contribution in [3.63, 3.8) is 0 Å². The Balaban J connectivity index is 2.03. The number of hydrogen-bond donors (Lipinski definition) is 1. The summed E-state index contributed by atoms with van der Waals surface area (Å²) < 4.78 is 5.21. The van der Waals surface area contributed by atoms with Crippen molar-refractivity contribution in [1.29, 1.82) is 0 Å². The first-order chi connectivity index (χ1) is 6.77. The van der Waals surface area contributed by atoms with Crippen molar-refractivity contribution in [3.05, 3.63) is 23.1 Å². The standard InChI is InChI=1S/C11H15ClO2/c12-10-7-6-9(14-10)11(13)8-4-2-1-3-5-8/h6-8,11,13H,1-5H2. The Morgan fingerprint density at radius 1 is 1.29 bits per heavy atom. The first-order valence-corrected chi connectivity index (χ1v) is 5.58. The average molecular weight is 215 g/mol. The summed E-state index contributed by atoms with van der Waals surface area (Å²) in [4.78, 5) is 0. The molecule has 1 unspecified atom stereocenters. The topological polar surface area (TPSA) is 33.4 Å². The lowest BCUT2D eigenvalue weighted by molar-refractivity contribution is 0.0655. The summed E-state index contributed by atoms with van der Waals surface area (Å²) in [7, 11) is 0. The molecule has 1 saturated carbocycles. The zero-order valence-corrected chi connectivity index (χ0v) is 8.83. The van der Waals surface area contributed by atoms with Gasteiger partial charge >= 0.3 is 0 Å². The van der Waals surface area contributed by atoms with Crippen LogP contribution in [0.25, 0.3) is 0 Å². The maximum atomic E-state index is 10.0. The Morgan fingerprint density at radius 2 is 2.00 bits per heavy atom. The van der Waals surface area contributed by atoms with E-state index in [1.54, 1.807) is 12.1 Å². The minimum absolute atomic E-state index is 0.353. The van der Waals surface area contributed by atoms with Crippen LogP contribution in [0, 0.1) is 5.92 Å². The Morgan fingerprint density at radius 3 is 2.57 bits per heavy atom. The van der Waals surface area contributed by atoms with Crippen LogP contribution < -0.4 is 0 Å². The summed E-state index contributed by atoms with van der Waals surface area (Å²) in [5.74, 6) is 0.966. The molecule has 0 aromatic carbocycles. The normalized spacial score (nSPS) is 21.0. The molecule has 1 aromatic heterocycles. The van der Waals surface area contributed by atoms with Gasteiger partial charge < -0.3 is 9.52 Å². The summed E-state index contributed by atoms with van der Waals surface area (Å²) >= 11 is 5.67. The minimum atomic E-state index is -0.470. The van der Waals surface area contributed by atoms with Crippen molar-refractivity contribution >= 4 is 11.6 Å². The summed E-state index contributed by atoms with van der Waals surface area (Å²) in [5, 5.41) is 10.4. The van der Waals surface area contributed by atoms with E-state index in [1.165, 1.54) is 19.3 Å². The molecular formula is C11H15ClO2. The second kappa shape index (κ2) is 4.37. The molecule has 0 radical (unpaired) electrons. The highest BCUT2D eigenvalue weighted by molar-refractivity contribution is 6.28. The first-order valence-electron chi connectivity index (χ1n) is 5.20. The van der Waals surface area contributed by atoms with Gasteiger partial charge in [-0.2, -0.15) is 0 Å². The van der Waals surface area contributed by atoms with Gasteiger partial charge in [0.1, 0.15) is 11.9 Å². The molecule has 0 saturated heterocycles. The second-order valence-electron chi connectivity index (χ2n) is 3.98. The molecule has 2 rings (SSSR count). The number of furan rings is 1. The molecule has 78 valence electrons. The molecule has 3 heteroatoms. The molecule has 1 aliphatic rings. The van der Waals surface area contributed by atoms with Gasteiger partial charge in [0.25, 0.3) is 0 Å². The Labute approximate surface area is 88.9 Å². The van der Waals surface area contributed by atoms with Crippen molar-refractivity contribution in [2.24, 2.45) is 5.92 Å². The smallest absolute Gasteiger partial charge is 0.193 e. The van der Waals surface area contributed by atoms with E-state index >= 15 is 0 Å². The van der Waals surface area contributed by atoms with Gasteiger partial charge in [0, 0.05) is 0 Å². The number of rotatable bonds is 2. The van der Waals surface area contributed by atoms with E-state index in [-0.39, 0.29) is 0 Å². The zero-order chi connectivity index (χ0) is 9.97. The summed E-state index contributed by atoms with van der Waals surface area (Å²) in [5.41, 5.74) is 0. The van der Waals surface area contributed by atoms with Crippen LogP contribution in [-0.4, -0.2) is 5.11 Å². The van der Waals surface area contributed by atoms with E-state index in [4.69, 9.17) is 16.0 Å². The maximum absolute atomic E-state index is 10.0. The van der Waals surface area contributed by atoms with Crippen LogP contribution in [-0.2, 0) is 0 Å². The van der Waals surface area contributed by atoms with Crippen LogP contribution in [0.15, 0.2) is 16.5 Å². The minimum Gasteiger partial charge on any atom is -0.447 e. The van der Waals surface area contributed by atoms with E-state index in [0.29, 0.717) is 16.9 Å². The van der Waals surface area contributed by atoms with Crippen LogP contribution in [0.2, 0.25) is 5.22 Å². The van der Waals surface area contributed by atoms with Crippen LogP contribution in [0.5, 0.6) is 0 Å². The number of aliphatic hydroxyl groups is 1. The van der Waals surface area contributed by atoms with Gasteiger partial charge in [0.2, 0.25) is 0 Å².